The molecule has 0 N–H and O–H groups in total. The molecule has 2 fully saturated rings. The third kappa shape index (κ3) is 16.3. The molecule has 12 nitrogen and oxygen atoms in total. The van der Waals surface area contributed by atoms with Crippen LogP contribution in [0.15, 0.2) is 351 Å². The number of fused-ring (bicyclic) bond motifs is 25. The zero-order valence-corrected chi connectivity index (χ0v) is 83.4. The van der Waals surface area contributed by atoms with Gasteiger partial charge < -0.3 is 22.1 Å². The van der Waals surface area contributed by atoms with E-state index in [1.807, 2.05) is 187 Å². The molecule has 0 radical (unpaired) electrons. The van der Waals surface area contributed by atoms with Crippen molar-refractivity contribution in [2.75, 3.05) is 0 Å². The number of benzene rings is 15. The van der Waals surface area contributed by atoms with Crippen LogP contribution in [0.25, 0.3) is 220 Å². The lowest BCUT2D eigenvalue weighted by molar-refractivity contribution is -0.670. The first-order chi connectivity index (χ1) is 72.2. The van der Waals surface area contributed by atoms with Gasteiger partial charge in [0.1, 0.15) is 101 Å². The van der Waals surface area contributed by atoms with Crippen molar-refractivity contribution in [2.24, 2.45) is 53.0 Å². The quantitative estimate of drug-likeness (QED) is 0.119. The van der Waals surface area contributed by atoms with Gasteiger partial charge in [0.15, 0.2) is 18.6 Å². The van der Waals surface area contributed by atoms with Crippen LogP contribution in [-0.2, 0) is 54.4 Å². The second-order valence-corrected chi connectivity index (χ2v) is 39.4. The Bertz CT molecular complexity index is 9670. The molecule has 12 heteroatoms. The normalized spacial score (nSPS) is 14.1. The van der Waals surface area contributed by atoms with E-state index in [0.29, 0.717) is 5.56 Å². The molecule has 0 bridgehead atoms. The second-order valence-electron chi connectivity index (χ2n) is 39.4. The van der Waals surface area contributed by atoms with Crippen molar-refractivity contribution in [3.05, 3.63) is 379 Å². The largest absolute Gasteiger partial charge is 0.455 e. The molecular formula is C131H120N7O5+5. The van der Waals surface area contributed by atoms with Crippen molar-refractivity contribution in [3.8, 4) is 56.3 Å². The van der Waals surface area contributed by atoms with Crippen molar-refractivity contribution >= 4 is 164 Å². The molecule has 25 aromatic rings. The van der Waals surface area contributed by atoms with Gasteiger partial charge in [-0.3, -0.25) is 0 Å². The molecule has 0 aliphatic heterocycles. The predicted molar refractivity (Wildman–Crippen MR) is 588 cm³/mol. The number of rotatable bonds is 11. The predicted octanol–water partition coefficient (Wildman–Crippen LogP) is 31.8. The number of aromatic nitrogens is 7. The van der Waals surface area contributed by atoms with Gasteiger partial charge in [0.2, 0.25) is 17.1 Å². The van der Waals surface area contributed by atoms with Gasteiger partial charge in [-0.1, -0.05) is 294 Å². The van der Waals surface area contributed by atoms with Gasteiger partial charge in [0.25, 0.3) is 12.2 Å². The number of pyridine rings is 3. The first-order valence-electron chi connectivity index (χ1n) is 53.4. The highest BCUT2D eigenvalue weighted by atomic mass is 16.3. The standard InChI is InChI=1S/C30H30NO.C29H28NO.C27H26NO.C23H19N2O.C22H17N2O/c1-20-23-12-6-7-13-24(23)30-29(25-14-8-9-15-27(25)32-30)28(20)26-19-22(16-17-31(26)2)18-21-10-4-3-5-11-21;1-19-22-11-5-6-12-23(22)29-28(24-13-7-8-14-26(24)31-29)27(19)25-18-21(15-16-30(25)2)17-20-9-3-4-10-20;1-17(2)15-19-13-14-28(4)23(16-19)25-18(3)20-9-5-6-10-21(20)27-26(25)22-11-7-8-12-24(22)29-27;1-14-16-8-4-5-9-17(16)22-18-10-6-7-11-20(18)26-23(22)21(14)19-12-13-24-15(2)25(19)3;1-14-15-7-3-4-8-16(15)21-17-9-5-6-10-19(17)25-22(21)20(14)18-11-12-23-13-24(18)2/h6-9,12-17,19,21H,3-5,10-11,18H2,1-2H3;5-8,11-16,18,20H,3-4,9-10,17H2,1-2H3;5-14,16-17H,15H2,1-4H3;4-13H,1-3H3;3-13H,1-2H3/q5*+1/i18D2;17D2;15D2;;. The Kier molecular flexibility index (Phi) is 22.3. The van der Waals surface area contributed by atoms with Crippen LogP contribution in [-0.4, -0.2) is 9.97 Å². The molecular weight excluding hydrogens is 1750 g/mol. The van der Waals surface area contributed by atoms with Crippen LogP contribution >= 0.6 is 0 Å². The van der Waals surface area contributed by atoms with Crippen LogP contribution in [0.2, 0.25) is 0 Å². The number of hydrogen-bond donors (Lipinski definition) is 0. The SMILES string of the molecule is Cc1c(-c2ccnc(C)[n+]2C)c2oc3ccccc3c2c2ccccc12.Cc1c(-c2ccnc[n+]2C)c2oc3ccccc3c2c2ccccc12.[2H]C([2H])(c1cc[n+](C)c(-c2c(C)c3ccccc3c3oc4ccccc4c23)c1)C(C)C.[2H]C([2H])(c1cc[n+](C)c(-c2c(C)c3ccccc3c3oc4ccccc4c23)c1)C1CCCC1.[2H]C([2H])(c1cc[n+](C)c(-c2c(C)c3ccccc3c3oc4ccccc4c23)c1)C1CCCCC1. The summed E-state index contributed by atoms with van der Waals surface area (Å²) in [5.41, 5.74) is 28.2. The van der Waals surface area contributed by atoms with Crippen LogP contribution in [0, 0.1) is 59.3 Å². The van der Waals surface area contributed by atoms with Gasteiger partial charge in [-0.05, 0) is 184 Å². The summed E-state index contributed by atoms with van der Waals surface area (Å²) in [5.74, 6) is 1.01. The lowest BCUT2D eigenvalue weighted by Gasteiger charge is -2.21. The molecule has 0 amide bonds. The van der Waals surface area contributed by atoms with Gasteiger partial charge in [-0.15, -0.1) is 0 Å². The van der Waals surface area contributed by atoms with E-state index in [0.717, 1.165) is 245 Å². The van der Waals surface area contributed by atoms with Gasteiger partial charge in [0, 0.05) is 134 Å². The van der Waals surface area contributed by atoms with E-state index in [9.17, 15) is 0 Å². The number of para-hydroxylation sites is 5. The molecule has 0 saturated heterocycles. The molecule has 2 aliphatic carbocycles. The Morgan fingerprint density at radius 3 is 0.937 bits per heavy atom. The van der Waals surface area contributed by atoms with Crippen LogP contribution in [0.4, 0.5) is 0 Å². The van der Waals surface area contributed by atoms with E-state index in [2.05, 4.69) is 265 Å². The maximum Gasteiger partial charge on any atom is 0.295 e. The Morgan fingerprint density at radius 2 is 0.573 bits per heavy atom. The fourth-order valence-electron chi connectivity index (χ4n) is 23.0. The summed E-state index contributed by atoms with van der Waals surface area (Å²) in [6, 6.07) is 99.6. The van der Waals surface area contributed by atoms with E-state index in [1.165, 1.54) is 77.3 Å². The average molecular weight is 1880 g/mol. The van der Waals surface area contributed by atoms with E-state index in [-0.39, 0.29) is 17.8 Å². The Labute approximate surface area is 841 Å². The van der Waals surface area contributed by atoms with E-state index in [1.54, 1.807) is 0 Å². The average Bonchev–Trinajstić information content (AvgIpc) is 1.63. The first kappa shape index (κ1) is 84.1. The molecule has 2 aliphatic rings. The summed E-state index contributed by atoms with van der Waals surface area (Å²) >= 11 is 0. The number of nitrogens with zero attached hydrogens (tertiary/aromatic N) is 7. The third-order valence-corrected chi connectivity index (χ3v) is 30.2. The lowest BCUT2D eigenvalue weighted by Crippen LogP contribution is -2.35. The maximum atomic E-state index is 9.08. The molecule has 10 heterocycles. The zero-order chi connectivity index (χ0) is 103. The zero-order valence-electron chi connectivity index (χ0n) is 89.4. The first-order valence-corrected chi connectivity index (χ1v) is 50.4. The monoisotopic (exact) mass is 1880 g/mol. The van der Waals surface area contributed by atoms with Crippen LogP contribution in [0.5, 0.6) is 0 Å². The minimum atomic E-state index is -1.41. The van der Waals surface area contributed by atoms with Crippen LogP contribution < -0.4 is 22.8 Å². The molecule has 0 spiro atoms. The smallest absolute Gasteiger partial charge is 0.295 e. The lowest BCUT2D eigenvalue weighted by atomic mass is 9.84. The summed E-state index contributed by atoms with van der Waals surface area (Å²) < 4.78 is 95.9. The summed E-state index contributed by atoms with van der Waals surface area (Å²) in [5, 5.41) is 23.1. The minimum Gasteiger partial charge on any atom is -0.455 e. The Morgan fingerprint density at radius 1 is 0.287 bits per heavy atom. The van der Waals surface area contributed by atoms with E-state index < -0.39 is 19.1 Å². The summed E-state index contributed by atoms with van der Waals surface area (Å²) in [6.45, 7) is 16.7. The van der Waals surface area contributed by atoms with Crippen molar-refractivity contribution < 1.29 is 53.1 Å². The molecule has 143 heavy (non-hydrogen) atoms. The number of hydrogen-bond acceptors (Lipinski definition) is 7. The Balaban J connectivity index is 0.000000103. The van der Waals surface area contributed by atoms with Crippen LogP contribution in [0.1, 0.15) is 130 Å². The van der Waals surface area contributed by atoms with E-state index in [4.69, 9.17) is 30.3 Å². The molecule has 704 valence electrons. The summed E-state index contributed by atoms with van der Waals surface area (Å²) in [4.78, 5) is 8.63. The number of aryl methyl sites for hydroxylation is 10. The highest BCUT2D eigenvalue weighted by molar-refractivity contribution is 6.28. The molecule has 0 atom stereocenters. The topological polar surface area (TPSA) is 111 Å². The maximum absolute atomic E-state index is 9.08. The fourth-order valence-corrected chi connectivity index (χ4v) is 23.0. The van der Waals surface area contributed by atoms with E-state index >= 15 is 0 Å². The molecule has 27 rings (SSSR count). The van der Waals surface area contributed by atoms with Gasteiger partial charge in [-0.2, -0.15) is 0 Å². The van der Waals surface area contributed by atoms with Gasteiger partial charge in [-0.25, -0.2) is 22.8 Å². The fraction of sp³-hybridized carbons (Fsp3) is 0.214. The van der Waals surface area contributed by atoms with Gasteiger partial charge >= 0.3 is 0 Å². The van der Waals surface area contributed by atoms with Crippen molar-refractivity contribution in [2.45, 2.75) is 132 Å². The van der Waals surface area contributed by atoms with Crippen molar-refractivity contribution in [3.63, 3.8) is 0 Å². The number of furan rings is 5. The second kappa shape index (κ2) is 38.0. The van der Waals surface area contributed by atoms with Gasteiger partial charge in [0.05, 0.1) is 41.9 Å². The van der Waals surface area contributed by atoms with Crippen LogP contribution in [0.3, 0.4) is 0 Å². The summed E-state index contributed by atoms with van der Waals surface area (Å²) in [7, 11) is 10.2. The molecule has 2 saturated carbocycles. The third-order valence-electron chi connectivity index (χ3n) is 30.2. The Hall–Kier alpha value is -15.8. The van der Waals surface area contributed by atoms with Crippen molar-refractivity contribution in [1.29, 1.82) is 0 Å². The summed E-state index contributed by atoms with van der Waals surface area (Å²) in [6.07, 6.45) is 17.1. The highest BCUT2D eigenvalue weighted by Crippen LogP contribution is 2.50. The minimum absolute atomic E-state index is 0.0780. The molecule has 10 aromatic heterocycles. The van der Waals surface area contributed by atoms with Crippen molar-refractivity contribution in [1.82, 2.24) is 9.97 Å². The molecule has 15 aromatic carbocycles. The molecule has 0 unspecified atom stereocenters. The highest BCUT2D eigenvalue weighted by Gasteiger charge is 2.32.